The Morgan fingerprint density at radius 2 is 2.50 bits per heavy atom. The third-order valence-electron chi connectivity index (χ3n) is 0.979. The molecule has 0 saturated heterocycles. The number of rotatable bonds is 2. The third-order valence-corrected chi connectivity index (χ3v) is 0.979. The van der Waals surface area contributed by atoms with E-state index in [1.807, 2.05) is 6.92 Å². The molecule has 10 heavy (non-hydrogen) atoms. The number of ether oxygens (including phenoxy) is 1. The van der Waals surface area contributed by atoms with Crippen LogP contribution in [0, 0.1) is 13.1 Å². The molecule has 53 valence electrons. The molecule has 1 radical (unpaired) electrons. The van der Waals surface area contributed by atoms with Gasteiger partial charge in [0.25, 0.3) is 0 Å². The van der Waals surface area contributed by atoms with Crippen molar-refractivity contribution >= 4 is 0 Å². The van der Waals surface area contributed by atoms with Gasteiger partial charge in [0.05, 0.1) is 12.8 Å². The van der Waals surface area contributed by atoms with Crippen LogP contribution >= 0.6 is 0 Å². The smallest absolute Gasteiger partial charge is 0.217 e. The van der Waals surface area contributed by atoms with Crippen LogP contribution in [0.25, 0.3) is 0 Å². The second-order valence-electron chi connectivity index (χ2n) is 1.82. The molecule has 0 bridgehead atoms. The molecule has 0 aliphatic heterocycles. The first kappa shape index (κ1) is 6.99. The van der Waals surface area contributed by atoms with E-state index in [-0.39, 0.29) is 0 Å². The number of hydrogen-bond donors (Lipinski definition) is 0. The highest BCUT2D eigenvalue weighted by Gasteiger charge is 1.92. The molecular formula is C7H9N2O. The van der Waals surface area contributed by atoms with E-state index in [9.17, 15) is 0 Å². The molecule has 0 fully saturated rings. The summed E-state index contributed by atoms with van der Waals surface area (Å²) in [5.41, 5.74) is 0. The van der Waals surface area contributed by atoms with E-state index < -0.39 is 0 Å². The summed E-state index contributed by atoms with van der Waals surface area (Å²) < 4.78 is 5.10. The van der Waals surface area contributed by atoms with Gasteiger partial charge in [0.2, 0.25) is 5.88 Å². The second kappa shape index (κ2) is 3.15. The summed E-state index contributed by atoms with van der Waals surface area (Å²) in [7, 11) is 0. The zero-order valence-electron chi connectivity index (χ0n) is 6.09. The summed E-state index contributed by atoms with van der Waals surface area (Å²) in [4.78, 5) is 7.80. The molecule has 1 aromatic heterocycles. The molecule has 0 spiro atoms. The first-order valence-electron chi connectivity index (χ1n) is 3.17. The normalized spacial score (nSPS) is 9.40. The van der Waals surface area contributed by atoms with E-state index in [1.54, 1.807) is 13.0 Å². The molecule has 0 saturated carbocycles. The Morgan fingerprint density at radius 3 is 3.10 bits per heavy atom. The highest BCUT2D eigenvalue weighted by atomic mass is 16.5. The zero-order valence-corrected chi connectivity index (χ0v) is 6.09. The van der Waals surface area contributed by atoms with Gasteiger partial charge >= 0.3 is 0 Å². The summed E-state index contributed by atoms with van der Waals surface area (Å²) in [6, 6.07) is 1.62. The fourth-order valence-corrected chi connectivity index (χ4v) is 0.619. The van der Waals surface area contributed by atoms with Crippen LogP contribution in [0.15, 0.2) is 6.07 Å². The largest absolute Gasteiger partial charge is 0.478 e. The van der Waals surface area contributed by atoms with Gasteiger partial charge in [-0.2, -0.15) is 4.98 Å². The maximum atomic E-state index is 5.10. The Hall–Kier alpha value is -1.12. The van der Waals surface area contributed by atoms with Gasteiger partial charge in [-0.3, -0.25) is 0 Å². The van der Waals surface area contributed by atoms with Crippen molar-refractivity contribution in [3.8, 4) is 5.88 Å². The van der Waals surface area contributed by atoms with Crippen molar-refractivity contribution < 1.29 is 4.74 Å². The lowest BCUT2D eigenvalue weighted by atomic mass is 10.6. The fraction of sp³-hybridized carbons (Fsp3) is 0.429. The quantitative estimate of drug-likeness (QED) is 0.609. The van der Waals surface area contributed by atoms with Gasteiger partial charge in [0, 0.05) is 6.07 Å². The van der Waals surface area contributed by atoms with Crippen molar-refractivity contribution in [3.05, 3.63) is 18.1 Å². The average molecular weight is 137 g/mol. The summed E-state index contributed by atoms with van der Waals surface area (Å²) in [5, 5.41) is 0. The molecular weight excluding hydrogens is 128 g/mol. The van der Waals surface area contributed by atoms with Crippen LogP contribution in [0.4, 0.5) is 0 Å². The highest BCUT2D eigenvalue weighted by Crippen LogP contribution is 2.02. The third kappa shape index (κ3) is 1.69. The van der Waals surface area contributed by atoms with Gasteiger partial charge in [-0.25, -0.2) is 4.98 Å². The van der Waals surface area contributed by atoms with Crippen LogP contribution in [0.3, 0.4) is 0 Å². The van der Waals surface area contributed by atoms with Crippen molar-refractivity contribution in [1.82, 2.24) is 9.97 Å². The van der Waals surface area contributed by atoms with Crippen LogP contribution in [0.5, 0.6) is 5.88 Å². The van der Waals surface area contributed by atoms with E-state index in [4.69, 9.17) is 4.74 Å². The first-order chi connectivity index (χ1) is 4.83. The topological polar surface area (TPSA) is 35.0 Å². The SMILES string of the molecule is CCOc1c[c]nc(C)n1. The minimum absolute atomic E-state index is 0.593. The van der Waals surface area contributed by atoms with Gasteiger partial charge in [0.15, 0.2) is 0 Å². The lowest BCUT2D eigenvalue weighted by Crippen LogP contribution is -1.96. The van der Waals surface area contributed by atoms with Crippen molar-refractivity contribution in [2.24, 2.45) is 0 Å². The number of hydrogen-bond acceptors (Lipinski definition) is 3. The summed E-state index contributed by atoms with van der Waals surface area (Å²) >= 11 is 0. The highest BCUT2D eigenvalue weighted by molar-refractivity contribution is 5.06. The average Bonchev–Trinajstić information content (AvgIpc) is 1.88. The second-order valence-corrected chi connectivity index (χ2v) is 1.82. The maximum Gasteiger partial charge on any atom is 0.217 e. The van der Waals surface area contributed by atoms with Gasteiger partial charge in [0.1, 0.15) is 5.82 Å². The van der Waals surface area contributed by atoms with Crippen molar-refractivity contribution in [2.45, 2.75) is 13.8 Å². The molecule has 3 nitrogen and oxygen atoms in total. The van der Waals surface area contributed by atoms with Gasteiger partial charge in [-0.15, -0.1) is 0 Å². The Labute approximate surface area is 60.1 Å². The Balaban J connectivity index is 2.75. The number of aryl methyl sites for hydroxylation is 1. The van der Waals surface area contributed by atoms with Crippen molar-refractivity contribution in [2.75, 3.05) is 6.61 Å². The molecule has 0 N–H and O–H groups in total. The molecule has 0 amide bonds. The van der Waals surface area contributed by atoms with Gasteiger partial charge in [-0.05, 0) is 13.8 Å². The minimum atomic E-state index is 0.593. The Morgan fingerprint density at radius 1 is 1.70 bits per heavy atom. The predicted octanol–water partition coefficient (Wildman–Crippen LogP) is 0.984. The summed E-state index contributed by atoms with van der Waals surface area (Å²) in [6.07, 6.45) is 2.68. The maximum absolute atomic E-state index is 5.10. The molecule has 3 heteroatoms. The number of aromatic nitrogens is 2. The van der Waals surface area contributed by atoms with E-state index in [0.29, 0.717) is 18.3 Å². The van der Waals surface area contributed by atoms with Crippen LogP contribution in [0.1, 0.15) is 12.7 Å². The Kier molecular flexibility index (Phi) is 2.20. The van der Waals surface area contributed by atoms with Gasteiger partial charge < -0.3 is 4.74 Å². The van der Waals surface area contributed by atoms with E-state index in [2.05, 4.69) is 16.2 Å². The van der Waals surface area contributed by atoms with Crippen LogP contribution in [0.2, 0.25) is 0 Å². The van der Waals surface area contributed by atoms with Crippen molar-refractivity contribution in [3.63, 3.8) is 0 Å². The predicted molar refractivity (Wildman–Crippen MR) is 36.8 cm³/mol. The minimum Gasteiger partial charge on any atom is -0.478 e. The molecule has 0 atom stereocenters. The monoisotopic (exact) mass is 137 g/mol. The first-order valence-corrected chi connectivity index (χ1v) is 3.17. The molecule has 1 aromatic rings. The lowest BCUT2D eigenvalue weighted by molar-refractivity contribution is 0.325. The summed E-state index contributed by atoms with van der Waals surface area (Å²) in [5.74, 6) is 1.28. The fourth-order valence-electron chi connectivity index (χ4n) is 0.619. The van der Waals surface area contributed by atoms with E-state index >= 15 is 0 Å². The lowest BCUT2D eigenvalue weighted by Gasteiger charge is -1.99. The van der Waals surface area contributed by atoms with Crippen molar-refractivity contribution in [1.29, 1.82) is 0 Å². The molecule has 0 aliphatic rings. The molecule has 1 rings (SSSR count). The van der Waals surface area contributed by atoms with E-state index in [0.717, 1.165) is 0 Å². The molecule has 1 heterocycles. The standard InChI is InChI=1S/C7H9N2O/c1-3-10-7-4-5-8-6(2)9-7/h4H,3H2,1-2H3. The Bertz CT molecular complexity index is 213. The van der Waals surface area contributed by atoms with Crippen LogP contribution in [-0.4, -0.2) is 16.6 Å². The van der Waals surface area contributed by atoms with Gasteiger partial charge in [-0.1, -0.05) is 0 Å². The molecule has 0 aliphatic carbocycles. The van der Waals surface area contributed by atoms with Crippen LogP contribution in [-0.2, 0) is 0 Å². The van der Waals surface area contributed by atoms with Crippen LogP contribution < -0.4 is 4.74 Å². The molecule has 0 unspecified atom stereocenters. The number of nitrogens with zero attached hydrogens (tertiary/aromatic N) is 2. The summed E-state index contributed by atoms with van der Waals surface area (Å²) in [6.45, 7) is 4.35. The zero-order chi connectivity index (χ0) is 7.40. The molecule has 0 aromatic carbocycles. The van der Waals surface area contributed by atoms with E-state index in [1.165, 1.54) is 0 Å².